The van der Waals surface area contributed by atoms with E-state index in [0.29, 0.717) is 11.4 Å². The molecule has 6 nitrogen and oxygen atoms in total. The number of rotatable bonds is 11. The van der Waals surface area contributed by atoms with Crippen molar-refractivity contribution in [1.29, 1.82) is 0 Å². The number of ether oxygens (including phenoxy) is 2. The number of aliphatic hydroxyl groups excluding tert-OH is 1. The molecule has 0 bridgehead atoms. The first-order valence-electron chi connectivity index (χ1n) is 9.57. The van der Waals surface area contributed by atoms with Crippen LogP contribution >= 0.6 is 0 Å². The maximum atomic E-state index is 12.0. The van der Waals surface area contributed by atoms with Gasteiger partial charge in [-0.3, -0.25) is 5.32 Å². The van der Waals surface area contributed by atoms with Gasteiger partial charge in [-0.15, -0.1) is 0 Å². The minimum atomic E-state index is -0.541. The fraction of sp³-hybridized carbons (Fsp3) is 0.409. The molecule has 0 atom stereocenters. The molecule has 1 aromatic carbocycles. The van der Waals surface area contributed by atoms with E-state index in [9.17, 15) is 4.79 Å². The van der Waals surface area contributed by atoms with E-state index in [0.717, 1.165) is 49.2 Å². The van der Waals surface area contributed by atoms with Crippen LogP contribution in [0.4, 0.5) is 10.5 Å². The van der Waals surface area contributed by atoms with Gasteiger partial charge in [0, 0.05) is 13.0 Å². The molecule has 0 saturated heterocycles. The van der Waals surface area contributed by atoms with Crippen molar-refractivity contribution in [2.24, 2.45) is 0 Å². The van der Waals surface area contributed by atoms with Gasteiger partial charge >= 0.3 is 6.09 Å². The van der Waals surface area contributed by atoms with Gasteiger partial charge in [0.15, 0.2) is 0 Å². The zero-order valence-corrected chi connectivity index (χ0v) is 16.6. The second-order valence-electron chi connectivity index (χ2n) is 6.47. The molecule has 0 aliphatic carbocycles. The second kappa shape index (κ2) is 11.9. The van der Waals surface area contributed by atoms with Gasteiger partial charge in [-0.25, -0.2) is 4.79 Å². The summed E-state index contributed by atoms with van der Waals surface area (Å²) < 4.78 is 16.2. The number of methoxy groups -OCH3 is 1. The summed E-state index contributed by atoms with van der Waals surface area (Å²) in [7, 11) is 1.56. The highest BCUT2D eigenvalue weighted by atomic mass is 16.5. The summed E-state index contributed by atoms with van der Waals surface area (Å²) in [4.78, 5) is 12.0. The zero-order valence-electron chi connectivity index (χ0n) is 16.6. The SMILES string of the molecule is COc1cccc(C)c1NC(=O)OCC=Cc1ccc(CCCCCCO)o1. The normalized spacial score (nSPS) is 11.0. The lowest BCUT2D eigenvalue weighted by Gasteiger charge is -2.12. The predicted octanol–water partition coefficient (Wildman–Crippen LogP) is 4.95. The van der Waals surface area contributed by atoms with Gasteiger partial charge in [-0.1, -0.05) is 25.0 Å². The molecule has 2 aromatic rings. The van der Waals surface area contributed by atoms with Crippen LogP contribution in [0.5, 0.6) is 5.75 Å². The van der Waals surface area contributed by atoms with Gasteiger partial charge in [0.25, 0.3) is 0 Å². The fourth-order valence-electron chi connectivity index (χ4n) is 2.78. The molecule has 1 heterocycles. The van der Waals surface area contributed by atoms with Gasteiger partial charge in [-0.2, -0.15) is 0 Å². The number of hydrogen-bond acceptors (Lipinski definition) is 5. The van der Waals surface area contributed by atoms with E-state index in [1.807, 2.05) is 31.2 Å². The Hall–Kier alpha value is -2.73. The van der Waals surface area contributed by atoms with Crippen molar-refractivity contribution in [3.8, 4) is 5.75 Å². The minimum absolute atomic E-state index is 0.136. The quantitative estimate of drug-likeness (QED) is 0.533. The summed E-state index contributed by atoms with van der Waals surface area (Å²) >= 11 is 0. The predicted molar refractivity (Wildman–Crippen MR) is 110 cm³/mol. The lowest BCUT2D eigenvalue weighted by Crippen LogP contribution is -2.15. The summed E-state index contributed by atoms with van der Waals surface area (Å²) in [6.07, 6.45) is 7.89. The molecule has 2 rings (SSSR count). The molecule has 1 aromatic heterocycles. The smallest absolute Gasteiger partial charge is 0.412 e. The Kier molecular flexibility index (Phi) is 9.15. The Labute approximate surface area is 166 Å². The Morgan fingerprint density at radius 1 is 1.18 bits per heavy atom. The molecule has 2 N–H and O–H groups in total. The molecule has 0 saturated carbocycles. The van der Waals surface area contributed by atoms with Crippen LogP contribution in [-0.2, 0) is 11.2 Å². The number of nitrogens with one attached hydrogen (secondary N) is 1. The number of anilines is 1. The topological polar surface area (TPSA) is 80.9 Å². The van der Waals surface area contributed by atoms with Gasteiger partial charge in [-0.05, 0) is 55.7 Å². The minimum Gasteiger partial charge on any atom is -0.495 e. The van der Waals surface area contributed by atoms with Crippen LogP contribution in [0.2, 0.25) is 0 Å². The van der Waals surface area contributed by atoms with Crippen molar-refractivity contribution < 1.29 is 23.8 Å². The first-order valence-corrected chi connectivity index (χ1v) is 9.57. The molecule has 28 heavy (non-hydrogen) atoms. The van der Waals surface area contributed by atoms with Crippen molar-refractivity contribution in [3.63, 3.8) is 0 Å². The van der Waals surface area contributed by atoms with Crippen LogP contribution in [0.15, 0.2) is 40.8 Å². The lowest BCUT2D eigenvalue weighted by molar-refractivity contribution is 0.174. The summed E-state index contributed by atoms with van der Waals surface area (Å²) in [5, 5.41) is 11.5. The van der Waals surface area contributed by atoms with E-state index in [1.165, 1.54) is 0 Å². The molecule has 0 aliphatic heterocycles. The van der Waals surface area contributed by atoms with E-state index in [1.54, 1.807) is 25.3 Å². The van der Waals surface area contributed by atoms with Gasteiger partial charge in [0.1, 0.15) is 23.9 Å². The number of amides is 1. The third kappa shape index (κ3) is 7.12. The first-order chi connectivity index (χ1) is 13.6. The highest BCUT2D eigenvalue weighted by Gasteiger charge is 2.10. The van der Waals surface area contributed by atoms with Crippen LogP contribution in [0.25, 0.3) is 6.08 Å². The molecule has 0 spiro atoms. The molecule has 0 fully saturated rings. The van der Waals surface area contributed by atoms with Gasteiger partial charge < -0.3 is 19.0 Å². The van der Waals surface area contributed by atoms with Crippen LogP contribution < -0.4 is 10.1 Å². The average molecular weight is 387 g/mol. The molecule has 0 unspecified atom stereocenters. The van der Waals surface area contributed by atoms with E-state index in [-0.39, 0.29) is 13.2 Å². The molecular formula is C22H29NO5. The third-order valence-corrected chi connectivity index (χ3v) is 4.29. The number of carbonyl (C=O) groups is 1. The Morgan fingerprint density at radius 2 is 2.00 bits per heavy atom. The van der Waals surface area contributed by atoms with Crippen LogP contribution in [0, 0.1) is 6.92 Å². The van der Waals surface area contributed by atoms with Gasteiger partial charge in [0.2, 0.25) is 0 Å². The van der Waals surface area contributed by atoms with E-state index in [4.69, 9.17) is 19.0 Å². The number of benzene rings is 1. The maximum absolute atomic E-state index is 12.0. The third-order valence-electron chi connectivity index (χ3n) is 4.29. The highest BCUT2D eigenvalue weighted by Crippen LogP contribution is 2.27. The van der Waals surface area contributed by atoms with Crippen molar-refractivity contribution in [2.75, 3.05) is 25.6 Å². The van der Waals surface area contributed by atoms with Crippen LogP contribution in [0.3, 0.4) is 0 Å². The molecular weight excluding hydrogens is 358 g/mol. The maximum Gasteiger partial charge on any atom is 0.412 e. The number of furan rings is 1. The van der Waals surface area contributed by atoms with Crippen molar-refractivity contribution in [3.05, 3.63) is 53.5 Å². The highest BCUT2D eigenvalue weighted by molar-refractivity contribution is 5.88. The molecule has 152 valence electrons. The first kappa shape index (κ1) is 21.6. The largest absolute Gasteiger partial charge is 0.495 e. The second-order valence-corrected chi connectivity index (χ2v) is 6.47. The summed E-state index contributed by atoms with van der Waals surface area (Å²) in [6.45, 7) is 2.28. The number of aliphatic hydroxyl groups is 1. The van der Waals surface area contributed by atoms with E-state index >= 15 is 0 Å². The zero-order chi connectivity index (χ0) is 20.2. The summed E-state index contributed by atoms with van der Waals surface area (Å²) in [6, 6.07) is 9.39. The molecule has 0 aliphatic rings. The molecule has 6 heteroatoms. The lowest BCUT2D eigenvalue weighted by atomic mass is 10.1. The van der Waals surface area contributed by atoms with E-state index < -0.39 is 6.09 Å². The Morgan fingerprint density at radius 3 is 2.79 bits per heavy atom. The Balaban J connectivity index is 1.73. The number of carbonyl (C=O) groups excluding carboxylic acids is 1. The molecule has 0 radical (unpaired) electrons. The Bertz CT molecular complexity index is 766. The number of aryl methyl sites for hydroxylation is 2. The number of para-hydroxylation sites is 1. The number of hydrogen-bond donors (Lipinski definition) is 2. The van der Waals surface area contributed by atoms with Crippen molar-refractivity contribution in [1.82, 2.24) is 0 Å². The molecule has 1 amide bonds. The number of unbranched alkanes of at least 4 members (excludes halogenated alkanes) is 3. The monoisotopic (exact) mass is 387 g/mol. The van der Waals surface area contributed by atoms with Crippen molar-refractivity contribution in [2.45, 2.75) is 39.0 Å². The average Bonchev–Trinajstić information content (AvgIpc) is 3.14. The fourth-order valence-corrected chi connectivity index (χ4v) is 2.78. The standard InChI is InChI=1S/C22H29NO5/c1-17-9-7-12-20(26-2)21(17)23-22(25)27-16-8-11-19-14-13-18(28-19)10-5-3-4-6-15-24/h7-9,11-14,24H,3-6,10,15-16H2,1-2H3,(H,23,25). The summed E-state index contributed by atoms with van der Waals surface area (Å²) in [5.41, 5.74) is 1.50. The van der Waals surface area contributed by atoms with E-state index in [2.05, 4.69) is 5.32 Å². The van der Waals surface area contributed by atoms with Gasteiger partial charge in [0.05, 0.1) is 12.8 Å². The van der Waals surface area contributed by atoms with Crippen molar-refractivity contribution >= 4 is 17.9 Å². The van der Waals surface area contributed by atoms with Crippen LogP contribution in [-0.4, -0.2) is 31.5 Å². The van der Waals surface area contributed by atoms with Crippen LogP contribution in [0.1, 0.15) is 42.8 Å². The summed E-state index contributed by atoms with van der Waals surface area (Å²) in [5.74, 6) is 2.26.